The Morgan fingerprint density at radius 3 is 2.50 bits per heavy atom. The molecule has 0 saturated carbocycles. The van der Waals surface area contributed by atoms with Crippen LogP contribution in [-0.2, 0) is 10.0 Å². The lowest BCUT2D eigenvalue weighted by molar-refractivity contribution is 0.601. The third-order valence-electron chi connectivity index (χ3n) is 2.97. The van der Waals surface area contributed by atoms with Gasteiger partial charge in [0.1, 0.15) is 5.82 Å². The van der Waals surface area contributed by atoms with Crippen LogP contribution in [0.15, 0.2) is 46.1 Å². The summed E-state index contributed by atoms with van der Waals surface area (Å²) in [5, 5.41) is -0.0558. The Labute approximate surface area is 129 Å². The molecule has 0 saturated heterocycles. The first-order valence-corrected chi connectivity index (χ1v) is 7.91. The molecule has 9 heteroatoms. The molecule has 22 heavy (non-hydrogen) atoms. The summed E-state index contributed by atoms with van der Waals surface area (Å²) < 4.78 is 39.9. The standard InChI is InChI=1S/C13H9ClFN3O3S/c14-9-5-7(15)1-3-10(9)18-22(20,21)8-2-4-11-12(6-8)17-13(19)16-11/h1-6,18H,(H2,16,17,19). The summed E-state index contributed by atoms with van der Waals surface area (Å²) in [6.07, 6.45) is 0. The van der Waals surface area contributed by atoms with E-state index in [9.17, 15) is 17.6 Å². The van der Waals surface area contributed by atoms with Crippen LogP contribution in [0.4, 0.5) is 10.1 Å². The summed E-state index contributed by atoms with van der Waals surface area (Å²) in [4.78, 5) is 16.1. The fourth-order valence-corrected chi connectivity index (χ4v) is 3.33. The molecule has 1 aromatic heterocycles. The van der Waals surface area contributed by atoms with Crippen molar-refractivity contribution >= 4 is 38.3 Å². The van der Waals surface area contributed by atoms with Crippen LogP contribution >= 0.6 is 11.6 Å². The van der Waals surface area contributed by atoms with Gasteiger partial charge in [0, 0.05) is 0 Å². The van der Waals surface area contributed by atoms with Gasteiger partial charge in [0.15, 0.2) is 0 Å². The third kappa shape index (κ3) is 2.70. The van der Waals surface area contributed by atoms with Crippen molar-refractivity contribution in [3.63, 3.8) is 0 Å². The topological polar surface area (TPSA) is 94.8 Å². The number of fused-ring (bicyclic) bond motifs is 1. The molecular weight excluding hydrogens is 333 g/mol. The molecule has 0 spiro atoms. The van der Waals surface area contributed by atoms with Crippen molar-refractivity contribution in [1.29, 1.82) is 0 Å². The first-order chi connectivity index (χ1) is 10.3. The van der Waals surface area contributed by atoms with Gasteiger partial charge in [-0.25, -0.2) is 17.6 Å². The van der Waals surface area contributed by atoms with Crippen molar-refractivity contribution in [3.05, 3.63) is 57.7 Å². The van der Waals surface area contributed by atoms with E-state index in [0.29, 0.717) is 11.0 Å². The Hall–Kier alpha value is -2.32. The Bertz CT molecular complexity index is 1030. The Balaban J connectivity index is 2.01. The highest BCUT2D eigenvalue weighted by Gasteiger charge is 2.17. The van der Waals surface area contributed by atoms with Gasteiger partial charge in [-0.2, -0.15) is 0 Å². The maximum absolute atomic E-state index is 13.0. The van der Waals surface area contributed by atoms with E-state index in [1.54, 1.807) is 0 Å². The number of hydrogen-bond donors (Lipinski definition) is 3. The van der Waals surface area contributed by atoms with Crippen molar-refractivity contribution in [2.24, 2.45) is 0 Å². The molecule has 3 aromatic rings. The molecule has 6 nitrogen and oxygen atoms in total. The number of sulfonamides is 1. The average molecular weight is 342 g/mol. The van der Waals surface area contributed by atoms with Crippen molar-refractivity contribution in [2.75, 3.05) is 4.72 Å². The largest absolute Gasteiger partial charge is 0.323 e. The maximum Gasteiger partial charge on any atom is 0.323 e. The zero-order valence-electron chi connectivity index (χ0n) is 10.9. The molecule has 0 atom stereocenters. The van der Waals surface area contributed by atoms with Gasteiger partial charge in [-0.1, -0.05) is 11.6 Å². The predicted octanol–water partition coefficient (Wildman–Crippen LogP) is 2.45. The minimum atomic E-state index is -3.92. The van der Waals surface area contributed by atoms with Crippen LogP contribution in [0.25, 0.3) is 11.0 Å². The third-order valence-corrected chi connectivity index (χ3v) is 4.65. The van der Waals surface area contributed by atoms with E-state index in [1.807, 2.05) is 0 Å². The summed E-state index contributed by atoms with van der Waals surface area (Å²) in [5.41, 5.74) is 0.478. The zero-order valence-corrected chi connectivity index (χ0v) is 12.4. The Morgan fingerprint density at radius 1 is 1.05 bits per heavy atom. The lowest BCUT2D eigenvalue weighted by atomic mass is 10.3. The fraction of sp³-hybridized carbons (Fsp3) is 0. The molecule has 114 valence electrons. The van der Waals surface area contributed by atoms with Crippen molar-refractivity contribution in [1.82, 2.24) is 9.97 Å². The second kappa shape index (κ2) is 5.15. The van der Waals surface area contributed by atoms with Crippen LogP contribution in [0.2, 0.25) is 5.02 Å². The van der Waals surface area contributed by atoms with Gasteiger partial charge in [-0.05, 0) is 36.4 Å². The van der Waals surface area contributed by atoms with Crippen LogP contribution in [-0.4, -0.2) is 18.4 Å². The van der Waals surface area contributed by atoms with Crippen LogP contribution < -0.4 is 10.4 Å². The van der Waals surface area contributed by atoms with Crippen molar-refractivity contribution in [2.45, 2.75) is 4.90 Å². The summed E-state index contributed by atoms with van der Waals surface area (Å²) in [6, 6.07) is 7.45. The number of imidazole rings is 1. The van der Waals surface area contributed by atoms with E-state index in [-0.39, 0.29) is 15.6 Å². The molecule has 3 N–H and O–H groups in total. The molecule has 0 aliphatic heterocycles. The lowest BCUT2D eigenvalue weighted by Gasteiger charge is -2.09. The summed E-state index contributed by atoms with van der Waals surface area (Å²) >= 11 is 5.80. The quantitative estimate of drug-likeness (QED) is 0.683. The number of nitrogens with one attached hydrogen (secondary N) is 3. The van der Waals surface area contributed by atoms with Gasteiger partial charge in [0.25, 0.3) is 10.0 Å². The number of hydrogen-bond acceptors (Lipinski definition) is 3. The molecule has 2 aromatic carbocycles. The molecule has 0 aliphatic carbocycles. The van der Waals surface area contributed by atoms with E-state index >= 15 is 0 Å². The van der Waals surface area contributed by atoms with Gasteiger partial charge in [0.2, 0.25) is 0 Å². The number of aromatic nitrogens is 2. The van der Waals surface area contributed by atoms with Crippen molar-refractivity contribution in [3.8, 4) is 0 Å². The van der Waals surface area contributed by atoms with Crippen LogP contribution in [0.5, 0.6) is 0 Å². The molecule has 0 radical (unpaired) electrons. The molecule has 0 fully saturated rings. The van der Waals surface area contributed by atoms with Gasteiger partial charge >= 0.3 is 5.69 Å². The van der Waals surface area contributed by atoms with E-state index in [1.165, 1.54) is 24.3 Å². The number of aromatic amines is 2. The van der Waals surface area contributed by atoms with Crippen LogP contribution in [0, 0.1) is 5.82 Å². The smallest absolute Gasteiger partial charge is 0.306 e. The van der Waals surface area contributed by atoms with Gasteiger partial charge in [-0.15, -0.1) is 0 Å². The number of H-pyrrole nitrogens is 2. The lowest BCUT2D eigenvalue weighted by Crippen LogP contribution is -2.13. The van der Waals surface area contributed by atoms with Gasteiger partial charge < -0.3 is 9.97 Å². The first-order valence-electron chi connectivity index (χ1n) is 6.05. The van der Waals surface area contributed by atoms with Crippen molar-refractivity contribution < 1.29 is 12.8 Å². The minimum absolute atomic E-state index is 0.0558. The van der Waals surface area contributed by atoms with E-state index in [4.69, 9.17) is 11.6 Å². The highest BCUT2D eigenvalue weighted by Crippen LogP contribution is 2.26. The summed E-state index contributed by atoms with van der Waals surface area (Å²) in [7, 11) is -3.92. The molecular formula is C13H9ClFN3O3S. The minimum Gasteiger partial charge on any atom is -0.306 e. The molecule has 1 heterocycles. The first kappa shape index (κ1) is 14.6. The Morgan fingerprint density at radius 2 is 1.77 bits per heavy atom. The summed E-state index contributed by atoms with van der Waals surface area (Å²) in [5.74, 6) is -0.570. The second-order valence-corrected chi connectivity index (χ2v) is 6.61. The maximum atomic E-state index is 13.0. The number of benzene rings is 2. The molecule has 0 amide bonds. The van der Waals surface area contributed by atoms with Crippen LogP contribution in [0.3, 0.4) is 0 Å². The average Bonchev–Trinajstić information content (AvgIpc) is 2.81. The highest BCUT2D eigenvalue weighted by molar-refractivity contribution is 7.92. The zero-order chi connectivity index (χ0) is 15.9. The molecule has 3 rings (SSSR count). The highest BCUT2D eigenvalue weighted by atomic mass is 35.5. The second-order valence-electron chi connectivity index (χ2n) is 4.52. The number of halogens is 2. The van der Waals surface area contributed by atoms with Crippen LogP contribution in [0.1, 0.15) is 0 Å². The number of rotatable bonds is 3. The predicted molar refractivity (Wildman–Crippen MR) is 81.1 cm³/mol. The summed E-state index contributed by atoms with van der Waals surface area (Å²) in [6.45, 7) is 0. The number of anilines is 1. The SMILES string of the molecule is O=c1[nH]c2ccc(S(=O)(=O)Nc3ccc(F)cc3Cl)cc2[nH]1. The molecule has 0 aliphatic rings. The molecule has 0 bridgehead atoms. The van der Waals surface area contributed by atoms with E-state index in [0.717, 1.165) is 12.1 Å². The van der Waals surface area contributed by atoms with Gasteiger partial charge in [0.05, 0.1) is 26.6 Å². The Kier molecular flexibility index (Phi) is 3.42. The van der Waals surface area contributed by atoms with Gasteiger partial charge in [-0.3, -0.25) is 4.72 Å². The molecule has 0 unspecified atom stereocenters. The fourth-order valence-electron chi connectivity index (χ4n) is 1.95. The van der Waals surface area contributed by atoms with E-state index < -0.39 is 21.5 Å². The van der Waals surface area contributed by atoms with E-state index in [2.05, 4.69) is 14.7 Å². The normalized spacial score (nSPS) is 11.7. The monoisotopic (exact) mass is 341 g/mol.